The van der Waals surface area contributed by atoms with Gasteiger partial charge in [0.15, 0.2) is 11.7 Å². The quantitative estimate of drug-likeness (QED) is 0.0173. The Morgan fingerprint density at radius 2 is 1.46 bits per heavy atom. The number of nitrogens with one attached hydrogen (secondary N) is 5. The number of carbonyl (C=O) groups excluding carboxylic acids is 9. The van der Waals surface area contributed by atoms with Crippen LogP contribution in [0.4, 0.5) is 11.4 Å². The second-order valence-electron chi connectivity index (χ2n) is 18.0. The van der Waals surface area contributed by atoms with E-state index in [-0.39, 0.29) is 94.4 Å². The first-order chi connectivity index (χ1) is 35.3. The molecule has 0 radical (unpaired) electrons. The fraction of sp³-hybridized carbons (Fsp3) is 0.531. The van der Waals surface area contributed by atoms with Crippen molar-refractivity contribution in [2.75, 3.05) is 43.5 Å². The van der Waals surface area contributed by atoms with Gasteiger partial charge in [0.2, 0.25) is 41.4 Å². The molecule has 2 aromatic rings. The number of nitrogens with two attached hydrogens (primary N) is 5. The lowest BCUT2D eigenvalue weighted by Gasteiger charge is -2.26. The number of Topliss-reactive ketones (excluding diaryl/α,β-unsaturated/α-hetero) is 2. The van der Waals surface area contributed by atoms with Gasteiger partial charge >= 0.3 is 5.97 Å². The number of hydrogen-bond donors (Lipinski definition) is 11. The fourth-order valence-corrected chi connectivity index (χ4v) is 9.09. The highest BCUT2D eigenvalue weighted by molar-refractivity contribution is 8.00. The zero-order valence-corrected chi connectivity index (χ0v) is 42.2. The number of carboxylic acid groups (broad SMARTS) is 1. The summed E-state index contributed by atoms with van der Waals surface area (Å²) in [6, 6.07) is 7.18. The molecule has 24 nitrogen and oxygen atoms in total. The van der Waals surface area contributed by atoms with E-state index in [1.165, 1.54) is 0 Å². The molecule has 2 fully saturated rings. The lowest BCUT2D eigenvalue weighted by atomic mass is 10.0. The van der Waals surface area contributed by atoms with Gasteiger partial charge < -0.3 is 65.1 Å². The summed E-state index contributed by atoms with van der Waals surface area (Å²) in [5, 5.41) is 21.8. The lowest BCUT2D eigenvalue weighted by molar-refractivity contribution is -0.141. The van der Waals surface area contributed by atoms with Gasteiger partial charge in [0.25, 0.3) is 0 Å². The minimum Gasteiger partial charge on any atom is -0.494 e. The van der Waals surface area contributed by atoms with E-state index in [2.05, 4.69) is 31.6 Å². The molecule has 25 heteroatoms. The van der Waals surface area contributed by atoms with Crippen LogP contribution in [-0.4, -0.2) is 142 Å². The van der Waals surface area contributed by atoms with Gasteiger partial charge in [-0.2, -0.15) is 0 Å². The van der Waals surface area contributed by atoms with Crippen molar-refractivity contribution in [1.82, 2.24) is 31.5 Å². The van der Waals surface area contributed by atoms with Crippen LogP contribution in [0.5, 0.6) is 5.75 Å². The zero-order valence-electron chi connectivity index (χ0n) is 41.4. The summed E-state index contributed by atoms with van der Waals surface area (Å²) in [5.74, 6) is -6.13. The number of hydrogen-bond acceptors (Lipinski definition) is 16. The van der Waals surface area contributed by atoms with Crippen molar-refractivity contribution < 1.29 is 57.8 Å². The summed E-state index contributed by atoms with van der Waals surface area (Å²) in [5.41, 5.74) is 30.1. The number of aliphatic carboxylic acids is 1. The summed E-state index contributed by atoms with van der Waals surface area (Å²) >= 11 is 1.09. The molecule has 0 bridgehead atoms. The molecule has 2 heterocycles. The van der Waals surface area contributed by atoms with Crippen molar-refractivity contribution in [3.8, 4) is 5.75 Å². The molecule has 4 rings (SSSR count). The van der Waals surface area contributed by atoms with Gasteiger partial charge in [-0.3, -0.25) is 57.8 Å². The molecule has 404 valence electrons. The Kier molecular flexibility index (Phi) is 24.6. The summed E-state index contributed by atoms with van der Waals surface area (Å²) in [7, 11) is 0. The molecule has 2 aromatic carbocycles. The first-order valence-electron chi connectivity index (χ1n) is 24.6. The molecule has 6 atom stereocenters. The Morgan fingerprint density at radius 1 is 0.784 bits per heavy atom. The fourth-order valence-electron chi connectivity index (χ4n) is 7.97. The first kappa shape index (κ1) is 59.3. The number of guanidine groups is 1. The van der Waals surface area contributed by atoms with Crippen LogP contribution in [0.15, 0.2) is 53.5 Å². The third kappa shape index (κ3) is 20.7. The number of rotatable bonds is 27. The number of ether oxygens (including phenoxy) is 1. The second kappa shape index (κ2) is 30.7. The van der Waals surface area contributed by atoms with Crippen LogP contribution in [-0.2, 0) is 54.4 Å². The maximum atomic E-state index is 14.1. The maximum Gasteiger partial charge on any atom is 0.305 e. The van der Waals surface area contributed by atoms with Crippen LogP contribution >= 0.6 is 11.8 Å². The standard InChI is InChI=1S/C49H70N12O12S/c50-32-17-16-31(25-33(32)51)73-23-7-5-12-30(62)13-9-22-61-42(65)27-40(48(61)72)74-28-34(52)44(68)55-20-6-4-14-36-45(69)58-35(15-8-21-56-49(53)54)39(63)18-19-41(64)57-38(26-43(66)67)47(71)60-37(46(70)59-36)24-29-10-2-1-3-11-29/h1-3,10-11,16-17,25,34-38,40H,4-9,12-15,18-24,26-28,50-52H2,(H,55,68)(H,57,64)(H,58,69)(H,59,70)(H,60,71)(H,66,67)(H4,53,54,56)/t34?,35-,36-,37+,38-,40?/m0/s1. The number of ketones is 2. The number of unbranched alkanes of at least 4 members (excludes halogenated alkanes) is 2. The topological polar surface area (TPSA) is 406 Å². The molecule has 0 aromatic heterocycles. The van der Waals surface area contributed by atoms with E-state index in [0.717, 1.165) is 16.7 Å². The van der Waals surface area contributed by atoms with Crippen molar-refractivity contribution in [2.45, 2.75) is 132 Å². The number of carboxylic acids is 1. The number of anilines is 2. The van der Waals surface area contributed by atoms with Crippen LogP contribution in [0.3, 0.4) is 0 Å². The largest absolute Gasteiger partial charge is 0.494 e. The van der Waals surface area contributed by atoms with Crippen LogP contribution in [0.1, 0.15) is 95.5 Å². The highest BCUT2D eigenvalue weighted by Crippen LogP contribution is 2.26. The Morgan fingerprint density at radius 3 is 2.18 bits per heavy atom. The Balaban J connectivity index is 1.29. The monoisotopic (exact) mass is 1050 g/mol. The van der Waals surface area contributed by atoms with Gasteiger partial charge in [0.1, 0.15) is 29.7 Å². The van der Waals surface area contributed by atoms with Crippen LogP contribution in [0.25, 0.3) is 0 Å². The van der Waals surface area contributed by atoms with E-state index in [9.17, 15) is 53.1 Å². The third-order valence-corrected chi connectivity index (χ3v) is 13.4. The van der Waals surface area contributed by atoms with Gasteiger partial charge in [0, 0.05) is 70.0 Å². The van der Waals surface area contributed by atoms with Gasteiger partial charge in [-0.25, -0.2) is 0 Å². The summed E-state index contributed by atoms with van der Waals surface area (Å²) in [6.45, 7) is 0.716. The molecule has 16 N–H and O–H groups in total. The van der Waals surface area contributed by atoms with Crippen LogP contribution in [0.2, 0.25) is 0 Å². The van der Waals surface area contributed by atoms with Crippen molar-refractivity contribution in [2.24, 2.45) is 22.2 Å². The van der Waals surface area contributed by atoms with Crippen LogP contribution in [0, 0.1) is 0 Å². The number of imide groups is 1. The molecule has 0 aliphatic carbocycles. The third-order valence-electron chi connectivity index (χ3n) is 12.1. The van der Waals surface area contributed by atoms with Crippen molar-refractivity contribution in [3.63, 3.8) is 0 Å². The molecule has 7 amide bonds. The predicted octanol–water partition coefficient (Wildman–Crippen LogP) is -0.703. The number of nitrogen functional groups attached to an aromatic ring is 2. The molecule has 0 saturated carbocycles. The number of nitrogens with zero attached hydrogens (tertiary/aromatic N) is 2. The minimum absolute atomic E-state index is 0.00158. The smallest absolute Gasteiger partial charge is 0.305 e. The average Bonchev–Trinajstić information content (AvgIpc) is 3.62. The maximum absolute atomic E-state index is 14.1. The van der Waals surface area contributed by atoms with E-state index < -0.39 is 95.5 Å². The SMILES string of the molecule is NC(N)=NCCC[C@@H]1NC(=O)[C@H](CCCCNC(=O)C(N)CSC2CC(=O)N(CCCC(=O)CCCCOc3ccc(N)c(N)c3)C2=O)NC(=O)[C@@H](Cc2ccccc2)NC(=O)[C@H](CC(=O)O)NC(=O)CCC1=O. The van der Waals surface area contributed by atoms with Crippen molar-refractivity contribution in [1.29, 1.82) is 0 Å². The number of carbonyl (C=O) groups is 10. The molecule has 2 saturated heterocycles. The van der Waals surface area contributed by atoms with Gasteiger partial charge in [0.05, 0.1) is 41.7 Å². The van der Waals surface area contributed by atoms with E-state index >= 15 is 0 Å². The number of amides is 7. The minimum atomic E-state index is -1.60. The number of likely N-dealkylation sites (tertiary alicyclic amines) is 1. The summed E-state index contributed by atoms with van der Waals surface area (Å²) < 4.78 is 5.65. The lowest BCUT2D eigenvalue weighted by Crippen LogP contribution is -2.58. The number of benzene rings is 2. The van der Waals surface area contributed by atoms with Gasteiger partial charge in [-0.15, -0.1) is 11.8 Å². The highest BCUT2D eigenvalue weighted by Gasteiger charge is 2.39. The van der Waals surface area contributed by atoms with Crippen molar-refractivity contribution >= 4 is 88.0 Å². The number of thioether (sulfide) groups is 1. The predicted molar refractivity (Wildman–Crippen MR) is 276 cm³/mol. The van der Waals surface area contributed by atoms with E-state index in [1.54, 1.807) is 48.5 Å². The van der Waals surface area contributed by atoms with E-state index in [0.29, 0.717) is 61.4 Å². The second-order valence-corrected chi connectivity index (χ2v) is 19.3. The van der Waals surface area contributed by atoms with Crippen LogP contribution < -0.4 is 60.0 Å². The first-order valence-corrected chi connectivity index (χ1v) is 25.7. The molecule has 2 unspecified atom stereocenters. The zero-order chi connectivity index (χ0) is 54.2. The Hall–Kier alpha value is -7.28. The molecule has 2 aliphatic rings. The summed E-state index contributed by atoms with van der Waals surface area (Å²) in [6.07, 6.45) is 1.18. The van der Waals surface area contributed by atoms with Gasteiger partial charge in [-0.1, -0.05) is 30.3 Å². The van der Waals surface area contributed by atoms with Gasteiger partial charge in [-0.05, 0) is 69.1 Å². The molecule has 2 aliphatic heterocycles. The Bertz CT molecular complexity index is 2340. The van der Waals surface area contributed by atoms with Crippen molar-refractivity contribution in [3.05, 3.63) is 54.1 Å². The average molecular weight is 1050 g/mol. The highest BCUT2D eigenvalue weighted by atomic mass is 32.2. The number of aliphatic imine (C=N–C) groups is 1. The molecule has 0 spiro atoms. The molecular weight excluding hydrogens is 981 g/mol. The molecule has 74 heavy (non-hydrogen) atoms. The van der Waals surface area contributed by atoms with E-state index in [1.807, 2.05) is 0 Å². The normalized spacial score (nSPS) is 20.3. The van der Waals surface area contributed by atoms with E-state index in [4.69, 9.17) is 33.4 Å². The Labute approximate surface area is 433 Å². The molecular formula is C49H70N12O12S. The summed E-state index contributed by atoms with van der Waals surface area (Å²) in [4.78, 5) is 136.